The second-order valence-corrected chi connectivity index (χ2v) is 4.26. The summed E-state index contributed by atoms with van der Waals surface area (Å²) in [7, 11) is 0. The van der Waals surface area contributed by atoms with Crippen LogP contribution >= 0.6 is 0 Å². The largest absolute Gasteiger partial charge is 0.294 e. The zero-order chi connectivity index (χ0) is 8.60. The molecule has 0 aliphatic heterocycles. The number of carbonyl (C=O) groups is 1. The summed E-state index contributed by atoms with van der Waals surface area (Å²) in [5, 5.41) is 0. The van der Waals surface area contributed by atoms with E-state index in [4.69, 9.17) is 0 Å². The van der Waals surface area contributed by atoms with Crippen LogP contribution in [0.2, 0.25) is 0 Å². The Balaban J connectivity index is 2.18. The second kappa shape index (κ2) is 2.72. The molecule has 1 fully saturated rings. The molecule has 2 aliphatic rings. The molecule has 0 aromatic carbocycles. The lowest BCUT2D eigenvalue weighted by atomic mass is 9.71. The van der Waals surface area contributed by atoms with Crippen molar-refractivity contribution in [2.24, 2.45) is 5.41 Å². The molecule has 2 rings (SSSR count). The van der Waals surface area contributed by atoms with Crippen LogP contribution in [0.25, 0.3) is 0 Å². The third-order valence-electron chi connectivity index (χ3n) is 3.45. The van der Waals surface area contributed by atoms with E-state index in [-0.39, 0.29) is 5.41 Å². The zero-order valence-electron chi connectivity index (χ0n) is 7.73. The highest BCUT2D eigenvalue weighted by Gasteiger charge is 2.41. The van der Waals surface area contributed by atoms with Gasteiger partial charge in [0.1, 0.15) is 0 Å². The first-order valence-electron chi connectivity index (χ1n) is 4.96. The summed E-state index contributed by atoms with van der Waals surface area (Å²) >= 11 is 0. The predicted molar refractivity (Wildman–Crippen MR) is 48.9 cm³/mol. The van der Waals surface area contributed by atoms with Gasteiger partial charge in [-0.1, -0.05) is 25.3 Å². The molecule has 0 heterocycles. The topological polar surface area (TPSA) is 17.1 Å². The highest BCUT2D eigenvalue weighted by Crippen LogP contribution is 2.45. The molecule has 0 atom stereocenters. The van der Waals surface area contributed by atoms with E-state index in [0.29, 0.717) is 5.78 Å². The highest BCUT2D eigenvalue weighted by atomic mass is 16.1. The maximum atomic E-state index is 11.8. The molecule has 0 amide bonds. The Morgan fingerprint density at radius 1 is 1.25 bits per heavy atom. The lowest BCUT2D eigenvalue weighted by Crippen LogP contribution is -2.29. The maximum Gasteiger partial charge on any atom is 0.164 e. The van der Waals surface area contributed by atoms with Crippen molar-refractivity contribution < 1.29 is 4.79 Å². The summed E-state index contributed by atoms with van der Waals surface area (Å²) in [4.78, 5) is 11.8. The van der Waals surface area contributed by atoms with E-state index in [1.807, 2.05) is 6.92 Å². The minimum Gasteiger partial charge on any atom is -0.294 e. The SMILES string of the molecule is CC1=CCC2(CCCCC2)C1=O. The first kappa shape index (κ1) is 8.03. The summed E-state index contributed by atoms with van der Waals surface area (Å²) < 4.78 is 0. The van der Waals surface area contributed by atoms with Crippen molar-refractivity contribution in [1.29, 1.82) is 0 Å². The molecule has 12 heavy (non-hydrogen) atoms. The average molecular weight is 164 g/mol. The molecule has 0 saturated heterocycles. The van der Waals surface area contributed by atoms with Gasteiger partial charge in [-0.05, 0) is 31.8 Å². The fraction of sp³-hybridized carbons (Fsp3) is 0.727. The summed E-state index contributed by atoms with van der Waals surface area (Å²) in [6.45, 7) is 1.96. The first-order chi connectivity index (χ1) is 5.75. The fourth-order valence-electron chi connectivity index (χ4n) is 2.61. The summed E-state index contributed by atoms with van der Waals surface area (Å²) in [6.07, 6.45) is 9.28. The minimum absolute atomic E-state index is 0.0718. The Kier molecular flexibility index (Phi) is 1.82. The summed E-state index contributed by atoms with van der Waals surface area (Å²) in [6, 6.07) is 0. The Bertz CT molecular complexity index is 231. The molecule has 0 radical (unpaired) electrons. The van der Waals surface area contributed by atoms with Gasteiger partial charge in [0.25, 0.3) is 0 Å². The molecule has 1 saturated carbocycles. The zero-order valence-corrected chi connectivity index (χ0v) is 7.73. The third kappa shape index (κ3) is 1.03. The van der Waals surface area contributed by atoms with Crippen LogP contribution in [-0.4, -0.2) is 5.78 Å². The van der Waals surface area contributed by atoms with Gasteiger partial charge in [0, 0.05) is 5.41 Å². The molecule has 0 N–H and O–H groups in total. The van der Waals surface area contributed by atoms with Gasteiger partial charge in [-0.2, -0.15) is 0 Å². The Hall–Kier alpha value is -0.590. The third-order valence-corrected chi connectivity index (χ3v) is 3.45. The van der Waals surface area contributed by atoms with Crippen LogP contribution in [0, 0.1) is 5.41 Å². The molecule has 0 bridgehead atoms. The van der Waals surface area contributed by atoms with Crippen LogP contribution in [0.1, 0.15) is 45.4 Å². The molecule has 1 spiro atoms. The number of carbonyl (C=O) groups excluding carboxylic acids is 1. The van der Waals surface area contributed by atoms with Crippen molar-refractivity contribution >= 4 is 5.78 Å². The second-order valence-electron chi connectivity index (χ2n) is 4.26. The molecule has 1 heteroatoms. The smallest absolute Gasteiger partial charge is 0.164 e. The quantitative estimate of drug-likeness (QED) is 0.538. The molecular formula is C11H16O. The normalized spacial score (nSPS) is 27.8. The Morgan fingerprint density at radius 2 is 1.92 bits per heavy atom. The van der Waals surface area contributed by atoms with Gasteiger partial charge in [0.05, 0.1) is 0 Å². The van der Waals surface area contributed by atoms with Crippen LogP contribution < -0.4 is 0 Å². The Labute approximate surface area is 73.8 Å². The van der Waals surface area contributed by atoms with E-state index in [0.717, 1.165) is 24.8 Å². The van der Waals surface area contributed by atoms with Gasteiger partial charge < -0.3 is 0 Å². The lowest BCUT2D eigenvalue weighted by molar-refractivity contribution is -0.125. The van der Waals surface area contributed by atoms with E-state index in [1.165, 1.54) is 19.3 Å². The lowest BCUT2D eigenvalue weighted by Gasteiger charge is -2.31. The summed E-state index contributed by atoms with van der Waals surface area (Å²) in [5.74, 6) is 0.446. The van der Waals surface area contributed by atoms with Crippen molar-refractivity contribution in [3.63, 3.8) is 0 Å². The van der Waals surface area contributed by atoms with Gasteiger partial charge >= 0.3 is 0 Å². The number of allylic oxidation sites excluding steroid dienone is 2. The van der Waals surface area contributed by atoms with Gasteiger partial charge in [0.2, 0.25) is 0 Å². The predicted octanol–water partition coefficient (Wildman–Crippen LogP) is 2.86. The summed E-state index contributed by atoms with van der Waals surface area (Å²) in [5.41, 5.74) is 1.08. The van der Waals surface area contributed by atoms with E-state index in [2.05, 4.69) is 6.08 Å². The molecular weight excluding hydrogens is 148 g/mol. The van der Waals surface area contributed by atoms with E-state index in [9.17, 15) is 4.79 Å². The number of ketones is 1. The van der Waals surface area contributed by atoms with E-state index in [1.54, 1.807) is 0 Å². The van der Waals surface area contributed by atoms with Gasteiger partial charge in [-0.25, -0.2) is 0 Å². The number of rotatable bonds is 0. The molecule has 0 aromatic heterocycles. The maximum absolute atomic E-state index is 11.8. The monoisotopic (exact) mass is 164 g/mol. The van der Waals surface area contributed by atoms with Gasteiger partial charge in [-0.15, -0.1) is 0 Å². The fourth-order valence-corrected chi connectivity index (χ4v) is 2.61. The molecule has 0 aromatic rings. The standard InChI is InChI=1S/C11H16O/c1-9-5-8-11(10(9)12)6-3-2-4-7-11/h5H,2-4,6-8H2,1H3. The highest BCUT2D eigenvalue weighted by molar-refractivity contribution is 6.01. The molecule has 0 unspecified atom stereocenters. The molecule has 66 valence electrons. The average Bonchev–Trinajstić information content (AvgIpc) is 2.37. The van der Waals surface area contributed by atoms with Crippen molar-refractivity contribution in [3.8, 4) is 0 Å². The van der Waals surface area contributed by atoms with Gasteiger partial charge in [-0.3, -0.25) is 4.79 Å². The van der Waals surface area contributed by atoms with Crippen molar-refractivity contribution in [2.45, 2.75) is 45.4 Å². The van der Waals surface area contributed by atoms with Crippen molar-refractivity contribution in [1.82, 2.24) is 0 Å². The van der Waals surface area contributed by atoms with E-state index >= 15 is 0 Å². The first-order valence-corrected chi connectivity index (χ1v) is 4.96. The van der Waals surface area contributed by atoms with Gasteiger partial charge in [0.15, 0.2) is 5.78 Å². The van der Waals surface area contributed by atoms with E-state index < -0.39 is 0 Å². The van der Waals surface area contributed by atoms with Crippen LogP contribution in [0.3, 0.4) is 0 Å². The number of Topliss-reactive ketones (excluding diaryl/α,β-unsaturated/α-hetero) is 1. The van der Waals surface area contributed by atoms with Crippen LogP contribution in [0.15, 0.2) is 11.6 Å². The van der Waals surface area contributed by atoms with Crippen LogP contribution in [-0.2, 0) is 4.79 Å². The van der Waals surface area contributed by atoms with Crippen LogP contribution in [0.5, 0.6) is 0 Å². The van der Waals surface area contributed by atoms with Crippen molar-refractivity contribution in [2.75, 3.05) is 0 Å². The number of hydrogen-bond acceptors (Lipinski definition) is 1. The minimum atomic E-state index is 0.0718. The Morgan fingerprint density at radius 3 is 2.42 bits per heavy atom. The molecule has 2 aliphatic carbocycles. The van der Waals surface area contributed by atoms with Crippen LogP contribution in [0.4, 0.5) is 0 Å². The molecule has 1 nitrogen and oxygen atoms in total. The van der Waals surface area contributed by atoms with Crippen molar-refractivity contribution in [3.05, 3.63) is 11.6 Å². The number of hydrogen-bond donors (Lipinski definition) is 0.